The van der Waals surface area contributed by atoms with Gasteiger partial charge in [-0.15, -0.1) is 0 Å². The van der Waals surface area contributed by atoms with Crippen molar-refractivity contribution in [1.82, 2.24) is 10.1 Å². The minimum atomic E-state index is -0.197. The molecule has 0 saturated carbocycles. The van der Waals surface area contributed by atoms with Gasteiger partial charge in [0, 0.05) is 10.0 Å². The van der Waals surface area contributed by atoms with Crippen molar-refractivity contribution in [3.63, 3.8) is 0 Å². The highest BCUT2D eigenvalue weighted by molar-refractivity contribution is 9.10. The topological polar surface area (TPSA) is 64.9 Å². The lowest BCUT2D eigenvalue weighted by Crippen LogP contribution is -2.10. The monoisotopic (exact) mass is 343 g/mol. The van der Waals surface area contributed by atoms with E-state index in [-0.39, 0.29) is 6.04 Å². The molecule has 0 aliphatic carbocycles. The minimum absolute atomic E-state index is 0.197. The molecule has 0 bridgehead atoms. The van der Waals surface area contributed by atoms with E-state index < -0.39 is 0 Å². The van der Waals surface area contributed by atoms with Crippen LogP contribution in [0.1, 0.15) is 38.1 Å². The largest absolute Gasteiger partial charge is 0.337 e. The van der Waals surface area contributed by atoms with Crippen molar-refractivity contribution in [3.05, 3.63) is 33.6 Å². The summed E-state index contributed by atoms with van der Waals surface area (Å²) in [6.07, 6.45) is 2.99. The van der Waals surface area contributed by atoms with Gasteiger partial charge in [0.05, 0.1) is 11.1 Å². The van der Waals surface area contributed by atoms with E-state index in [0.717, 1.165) is 29.3 Å². The lowest BCUT2D eigenvalue weighted by atomic mass is 10.1. The predicted octanol–water partition coefficient (Wildman–Crippen LogP) is 4.34. The number of unbranched alkanes of at least 4 members (excludes halogenated alkanes) is 1. The van der Waals surface area contributed by atoms with Crippen molar-refractivity contribution < 1.29 is 4.52 Å². The van der Waals surface area contributed by atoms with Crippen LogP contribution in [0.4, 0.5) is 0 Å². The van der Waals surface area contributed by atoms with Crippen molar-refractivity contribution in [3.8, 4) is 11.4 Å². The Morgan fingerprint density at radius 2 is 2.26 bits per heavy atom. The summed E-state index contributed by atoms with van der Waals surface area (Å²) < 4.78 is 6.01. The van der Waals surface area contributed by atoms with Crippen LogP contribution in [0, 0.1) is 0 Å². The molecule has 19 heavy (non-hydrogen) atoms. The van der Waals surface area contributed by atoms with Crippen LogP contribution in [-0.4, -0.2) is 10.1 Å². The van der Waals surface area contributed by atoms with E-state index in [1.165, 1.54) is 0 Å². The molecule has 0 aliphatic heterocycles. The van der Waals surface area contributed by atoms with Crippen molar-refractivity contribution in [1.29, 1.82) is 0 Å². The first-order valence-corrected chi connectivity index (χ1v) is 7.33. The molecule has 4 nitrogen and oxygen atoms in total. The van der Waals surface area contributed by atoms with Gasteiger partial charge in [-0.1, -0.05) is 36.5 Å². The summed E-state index contributed by atoms with van der Waals surface area (Å²) in [5.74, 6) is 1.01. The van der Waals surface area contributed by atoms with E-state index in [9.17, 15) is 0 Å². The zero-order chi connectivity index (χ0) is 13.8. The van der Waals surface area contributed by atoms with Gasteiger partial charge in [-0.05, 0) is 40.5 Å². The van der Waals surface area contributed by atoms with Crippen LogP contribution in [0.5, 0.6) is 0 Å². The maximum Gasteiger partial charge on any atom is 0.243 e. The molecule has 0 spiro atoms. The van der Waals surface area contributed by atoms with Crippen molar-refractivity contribution in [2.24, 2.45) is 5.73 Å². The number of aromatic nitrogens is 2. The Morgan fingerprint density at radius 1 is 1.47 bits per heavy atom. The summed E-state index contributed by atoms with van der Waals surface area (Å²) >= 11 is 9.32. The second kappa shape index (κ2) is 6.50. The van der Waals surface area contributed by atoms with E-state index in [1.54, 1.807) is 6.07 Å². The Morgan fingerprint density at radius 3 is 2.95 bits per heavy atom. The number of halogens is 2. The molecule has 2 aromatic rings. The normalized spacial score (nSPS) is 12.6. The summed E-state index contributed by atoms with van der Waals surface area (Å²) in [6, 6.07) is 5.29. The first-order valence-electron chi connectivity index (χ1n) is 6.16. The third-order valence-corrected chi connectivity index (χ3v) is 4.02. The zero-order valence-corrected chi connectivity index (χ0v) is 12.9. The molecule has 1 aromatic carbocycles. The summed E-state index contributed by atoms with van der Waals surface area (Å²) in [5.41, 5.74) is 6.84. The van der Waals surface area contributed by atoms with Gasteiger partial charge in [0.1, 0.15) is 0 Å². The van der Waals surface area contributed by atoms with Crippen molar-refractivity contribution >= 4 is 27.5 Å². The molecule has 2 N–H and O–H groups in total. The molecule has 0 saturated heterocycles. The Hall–Kier alpha value is -0.910. The van der Waals surface area contributed by atoms with Crippen LogP contribution >= 0.6 is 27.5 Å². The van der Waals surface area contributed by atoms with Gasteiger partial charge < -0.3 is 10.3 Å². The van der Waals surface area contributed by atoms with Gasteiger partial charge in [-0.2, -0.15) is 4.98 Å². The first kappa shape index (κ1) is 14.5. The number of hydrogen-bond donors (Lipinski definition) is 1. The molecule has 1 aromatic heterocycles. The number of nitrogens with zero attached hydrogens (tertiary/aromatic N) is 2. The lowest BCUT2D eigenvalue weighted by Gasteiger charge is -2.03. The van der Waals surface area contributed by atoms with Crippen molar-refractivity contribution in [2.75, 3.05) is 0 Å². The second-order valence-corrected chi connectivity index (χ2v) is 5.60. The molecule has 1 atom stereocenters. The van der Waals surface area contributed by atoms with E-state index in [2.05, 4.69) is 33.0 Å². The third kappa shape index (κ3) is 3.55. The van der Waals surface area contributed by atoms with Gasteiger partial charge in [0.2, 0.25) is 11.7 Å². The van der Waals surface area contributed by atoms with E-state index in [4.69, 9.17) is 21.9 Å². The average molecular weight is 345 g/mol. The molecule has 1 heterocycles. The fourth-order valence-electron chi connectivity index (χ4n) is 1.69. The van der Waals surface area contributed by atoms with Gasteiger partial charge in [-0.25, -0.2) is 0 Å². The van der Waals surface area contributed by atoms with Crippen LogP contribution in [-0.2, 0) is 0 Å². The maximum atomic E-state index is 6.00. The van der Waals surface area contributed by atoms with Crippen LogP contribution in [0.15, 0.2) is 27.2 Å². The molecule has 0 amide bonds. The Bertz CT molecular complexity index is 559. The summed E-state index contributed by atoms with van der Waals surface area (Å²) in [4.78, 5) is 4.34. The first-order chi connectivity index (χ1) is 9.11. The Kier molecular flexibility index (Phi) is 4.96. The fourth-order valence-corrected chi connectivity index (χ4v) is 2.18. The summed E-state index contributed by atoms with van der Waals surface area (Å²) in [6.45, 7) is 2.12. The number of rotatable bonds is 5. The predicted molar refractivity (Wildman–Crippen MR) is 78.9 cm³/mol. The van der Waals surface area contributed by atoms with Gasteiger partial charge in [0.15, 0.2) is 0 Å². The molecular weight excluding hydrogens is 330 g/mol. The molecule has 0 fully saturated rings. The third-order valence-electron chi connectivity index (χ3n) is 2.81. The quantitative estimate of drug-likeness (QED) is 0.876. The average Bonchev–Trinajstić information content (AvgIpc) is 2.89. The molecule has 2 rings (SSSR count). The number of nitrogens with two attached hydrogens (primary N) is 1. The van der Waals surface area contributed by atoms with Gasteiger partial charge in [0.25, 0.3) is 0 Å². The van der Waals surface area contributed by atoms with E-state index in [1.807, 2.05) is 12.1 Å². The molecule has 0 aliphatic rings. The number of hydrogen-bond acceptors (Lipinski definition) is 4. The maximum absolute atomic E-state index is 6.00. The molecule has 102 valence electrons. The molecule has 1 unspecified atom stereocenters. The summed E-state index contributed by atoms with van der Waals surface area (Å²) in [5, 5.41) is 4.60. The van der Waals surface area contributed by atoms with E-state index in [0.29, 0.717) is 16.7 Å². The second-order valence-electron chi connectivity index (χ2n) is 4.33. The van der Waals surface area contributed by atoms with Crippen molar-refractivity contribution in [2.45, 2.75) is 32.2 Å². The Balaban J connectivity index is 2.18. The zero-order valence-electron chi connectivity index (χ0n) is 10.6. The minimum Gasteiger partial charge on any atom is -0.337 e. The Labute approximate surface area is 125 Å². The number of benzene rings is 1. The highest BCUT2D eigenvalue weighted by Crippen LogP contribution is 2.28. The molecular formula is C13H15BrClN3O. The summed E-state index contributed by atoms with van der Waals surface area (Å²) in [7, 11) is 0. The van der Waals surface area contributed by atoms with Gasteiger partial charge in [-0.3, -0.25) is 0 Å². The van der Waals surface area contributed by atoms with Crippen LogP contribution in [0.3, 0.4) is 0 Å². The van der Waals surface area contributed by atoms with E-state index >= 15 is 0 Å². The highest BCUT2D eigenvalue weighted by Gasteiger charge is 2.15. The van der Waals surface area contributed by atoms with Crippen LogP contribution < -0.4 is 5.73 Å². The fraction of sp³-hybridized carbons (Fsp3) is 0.385. The van der Waals surface area contributed by atoms with Crippen LogP contribution in [0.2, 0.25) is 5.02 Å². The molecule has 6 heteroatoms. The van der Waals surface area contributed by atoms with Crippen LogP contribution in [0.25, 0.3) is 11.4 Å². The highest BCUT2D eigenvalue weighted by atomic mass is 79.9. The SMILES string of the molecule is CCCCC(N)c1nc(-c2ccc(Cl)c(Br)c2)no1. The lowest BCUT2D eigenvalue weighted by molar-refractivity contribution is 0.346. The smallest absolute Gasteiger partial charge is 0.243 e. The standard InChI is InChI=1S/C13H15BrClN3O/c1-2-3-4-11(16)13-17-12(18-19-13)8-5-6-10(15)9(14)7-8/h5-7,11H,2-4,16H2,1H3. The van der Waals surface area contributed by atoms with Gasteiger partial charge >= 0.3 is 0 Å². The molecule has 0 radical (unpaired) electrons.